The molecule has 2 N–H and O–H groups in total. The van der Waals surface area contributed by atoms with Crippen molar-refractivity contribution in [2.45, 2.75) is 69.9 Å². The first-order valence-electron chi connectivity index (χ1n) is 14.9. The Kier molecular flexibility index (Phi) is 8.24. The van der Waals surface area contributed by atoms with E-state index in [0.717, 1.165) is 73.0 Å². The van der Waals surface area contributed by atoms with Crippen LogP contribution in [0.1, 0.15) is 69.5 Å². The molecule has 0 bridgehead atoms. The second-order valence-corrected chi connectivity index (χ2v) is 12.7. The first-order chi connectivity index (χ1) is 20.4. The number of pyridine rings is 1. The van der Waals surface area contributed by atoms with E-state index in [1.165, 1.54) is 11.3 Å². The number of carbonyl (C=O) groups excluding carboxylic acids is 2. The summed E-state index contributed by atoms with van der Waals surface area (Å²) in [6, 6.07) is 11.9. The molecule has 1 aliphatic heterocycles. The lowest BCUT2D eigenvalue weighted by atomic mass is 9.90. The van der Waals surface area contributed by atoms with Crippen molar-refractivity contribution in [3.63, 3.8) is 0 Å². The van der Waals surface area contributed by atoms with Gasteiger partial charge in [0.25, 0.3) is 0 Å². The topological polar surface area (TPSA) is 116 Å². The average Bonchev–Trinajstić information content (AvgIpc) is 3.46. The number of hydrogen-bond donors (Lipinski definition) is 2. The third-order valence-electron chi connectivity index (χ3n) is 8.77. The van der Waals surface area contributed by atoms with Crippen LogP contribution in [0.2, 0.25) is 0 Å². The third-order valence-corrected chi connectivity index (χ3v) is 9.61. The van der Waals surface area contributed by atoms with Gasteiger partial charge in [0, 0.05) is 48.3 Å². The highest BCUT2D eigenvalue weighted by Gasteiger charge is 2.40. The van der Waals surface area contributed by atoms with Crippen molar-refractivity contribution in [2.24, 2.45) is 11.8 Å². The average molecular weight is 588 g/mol. The van der Waals surface area contributed by atoms with Crippen molar-refractivity contribution in [1.29, 1.82) is 0 Å². The minimum Gasteiger partial charge on any atom is -0.481 e. The number of nitrogens with zero attached hydrogens (tertiary/aromatic N) is 4. The summed E-state index contributed by atoms with van der Waals surface area (Å²) in [5, 5.41) is 15.2. The molecular formula is C32H37N5O4S. The van der Waals surface area contributed by atoms with Gasteiger partial charge in [-0.3, -0.25) is 19.5 Å². The Labute approximate surface area is 250 Å². The SMILES string of the molecule is CN1CCC(c2ccc(-c3ccccc3-c3csc(N(C(=O)[C@@H](CC(=O)O)CC4CCCC4)C4CC4)n3)cn2)NC1=O. The van der Waals surface area contributed by atoms with Gasteiger partial charge in [-0.1, -0.05) is 56.0 Å². The van der Waals surface area contributed by atoms with Crippen molar-refractivity contribution < 1.29 is 19.5 Å². The van der Waals surface area contributed by atoms with Crippen LogP contribution < -0.4 is 10.2 Å². The summed E-state index contributed by atoms with van der Waals surface area (Å²) in [6.45, 7) is 0.687. The number of rotatable bonds is 10. The monoisotopic (exact) mass is 587 g/mol. The van der Waals surface area contributed by atoms with E-state index < -0.39 is 11.9 Å². The third kappa shape index (κ3) is 6.18. The Bertz CT molecular complexity index is 1450. The lowest BCUT2D eigenvalue weighted by Crippen LogP contribution is -2.45. The fourth-order valence-electron chi connectivity index (χ4n) is 6.30. The number of carboxylic acid groups (broad SMARTS) is 1. The molecule has 2 saturated carbocycles. The smallest absolute Gasteiger partial charge is 0.317 e. The molecule has 10 heteroatoms. The van der Waals surface area contributed by atoms with E-state index in [0.29, 0.717) is 24.0 Å². The predicted octanol–water partition coefficient (Wildman–Crippen LogP) is 6.12. The Morgan fingerprint density at radius 3 is 2.52 bits per heavy atom. The maximum absolute atomic E-state index is 13.9. The van der Waals surface area contributed by atoms with E-state index >= 15 is 0 Å². The number of benzene rings is 1. The summed E-state index contributed by atoms with van der Waals surface area (Å²) in [5.74, 6) is -1.12. The first-order valence-corrected chi connectivity index (χ1v) is 15.8. The van der Waals surface area contributed by atoms with E-state index in [1.54, 1.807) is 16.8 Å². The molecule has 2 aliphatic carbocycles. The quantitative estimate of drug-likeness (QED) is 0.295. The van der Waals surface area contributed by atoms with E-state index in [1.807, 2.05) is 48.0 Å². The molecule has 3 amide bonds. The number of carbonyl (C=O) groups is 3. The summed E-state index contributed by atoms with van der Waals surface area (Å²) < 4.78 is 0. The molecule has 0 radical (unpaired) electrons. The Balaban J connectivity index is 1.24. The van der Waals surface area contributed by atoms with Gasteiger partial charge in [0.2, 0.25) is 5.91 Å². The minimum absolute atomic E-state index is 0.0865. The fourth-order valence-corrected chi connectivity index (χ4v) is 7.20. The number of nitrogens with one attached hydrogen (secondary N) is 1. The normalized spacial score (nSPS) is 19.9. The Morgan fingerprint density at radius 1 is 1.10 bits per heavy atom. The molecule has 1 unspecified atom stereocenters. The van der Waals surface area contributed by atoms with Gasteiger partial charge in [0.1, 0.15) is 0 Å². The number of thiazole rings is 1. The molecule has 42 heavy (non-hydrogen) atoms. The molecule has 3 fully saturated rings. The molecule has 3 heterocycles. The number of anilines is 1. The van der Waals surface area contributed by atoms with Crippen molar-refractivity contribution in [3.05, 3.63) is 53.7 Å². The second kappa shape index (κ2) is 12.2. The second-order valence-electron chi connectivity index (χ2n) is 11.9. The Hall–Kier alpha value is -3.79. The number of urea groups is 1. The van der Waals surface area contributed by atoms with Gasteiger partial charge in [-0.25, -0.2) is 9.78 Å². The van der Waals surface area contributed by atoms with Gasteiger partial charge >= 0.3 is 12.0 Å². The van der Waals surface area contributed by atoms with Crippen LogP contribution in [0.4, 0.5) is 9.93 Å². The summed E-state index contributed by atoms with van der Waals surface area (Å²) in [5.41, 5.74) is 4.48. The summed E-state index contributed by atoms with van der Waals surface area (Å²) in [4.78, 5) is 50.8. The molecule has 1 saturated heterocycles. The highest BCUT2D eigenvalue weighted by molar-refractivity contribution is 7.14. The summed E-state index contributed by atoms with van der Waals surface area (Å²) >= 11 is 1.44. The van der Waals surface area contributed by atoms with E-state index in [9.17, 15) is 19.5 Å². The van der Waals surface area contributed by atoms with Crippen molar-refractivity contribution in [3.8, 4) is 22.4 Å². The lowest BCUT2D eigenvalue weighted by molar-refractivity contribution is -0.141. The summed E-state index contributed by atoms with van der Waals surface area (Å²) in [6.07, 6.45) is 9.44. The molecule has 2 aromatic heterocycles. The number of hydrogen-bond acceptors (Lipinski definition) is 6. The fraction of sp³-hybridized carbons (Fsp3) is 0.469. The molecule has 6 rings (SSSR count). The van der Waals surface area contributed by atoms with E-state index in [-0.39, 0.29) is 30.4 Å². The first kappa shape index (κ1) is 28.3. The molecular weight excluding hydrogens is 550 g/mol. The number of aliphatic carboxylic acids is 1. The Morgan fingerprint density at radius 2 is 1.86 bits per heavy atom. The van der Waals surface area contributed by atoms with Crippen LogP contribution in [0, 0.1) is 11.8 Å². The summed E-state index contributed by atoms with van der Waals surface area (Å²) in [7, 11) is 1.79. The molecule has 0 spiro atoms. The maximum atomic E-state index is 13.9. The van der Waals surface area contributed by atoms with Crippen LogP contribution in [0.15, 0.2) is 48.0 Å². The number of aromatic nitrogens is 2. The van der Waals surface area contributed by atoms with E-state index in [2.05, 4.69) is 5.32 Å². The van der Waals surface area contributed by atoms with Gasteiger partial charge in [-0.05, 0) is 43.2 Å². The standard InChI is InChI=1S/C32H37N5O4S/c1-36-15-14-27(34-31(36)41)26-13-10-21(18-33-26)24-8-4-5-9-25(24)28-19-42-32(35-28)37(23-11-12-23)30(40)22(17-29(38)39)16-20-6-2-3-7-20/h4-5,8-10,13,18-20,22-23,27H,2-3,6-7,11-12,14-17H2,1H3,(H,34,41)(H,38,39)/t22-,27?/m1/s1. The molecule has 9 nitrogen and oxygen atoms in total. The molecule has 3 aromatic rings. The van der Waals surface area contributed by atoms with Crippen LogP contribution in [-0.4, -0.2) is 57.5 Å². The van der Waals surface area contributed by atoms with Crippen LogP contribution in [0.25, 0.3) is 22.4 Å². The predicted molar refractivity (Wildman–Crippen MR) is 162 cm³/mol. The van der Waals surface area contributed by atoms with E-state index in [4.69, 9.17) is 9.97 Å². The lowest BCUT2D eigenvalue weighted by Gasteiger charge is -2.30. The van der Waals surface area contributed by atoms with Gasteiger partial charge in [-0.2, -0.15) is 0 Å². The van der Waals surface area contributed by atoms with Crippen molar-refractivity contribution >= 4 is 34.4 Å². The highest BCUT2D eigenvalue weighted by atomic mass is 32.1. The zero-order valence-corrected chi connectivity index (χ0v) is 24.7. The molecule has 3 aliphatic rings. The zero-order valence-electron chi connectivity index (χ0n) is 23.9. The largest absolute Gasteiger partial charge is 0.481 e. The number of carboxylic acids is 1. The number of amides is 3. The van der Waals surface area contributed by atoms with Crippen LogP contribution in [0.3, 0.4) is 0 Å². The maximum Gasteiger partial charge on any atom is 0.317 e. The highest BCUT2D eigenvalue weighted by Crippen LogP contribution is 2.40. The van der Waals surface area contributed by atoms with Gasteiger partial charge < -0.3 is 15.3 Å². The van der Waals surface area contributed by atoms with Crippen LogP contribution in [0.5, 0.6) is 0 Å². The van der Waals surface area contributed by atoms with Gasteiger partial charge in [-0.15, -0.1) is 11.3 Å². The van der Waals surface area contributed by atoms with Crippen molar-refractivity contribution in [1.82, 2.24) is 20.2 Å². The van der Waals surface area contributed by atoms with Crippen LogP contribution in [-0.2, 0) is 9.59 Å². The minimum atomic E-state index is -0.923. The zero-order chi connectivity index (χ0) is 29.2. The van der Waals surface area contributed by atoms with Gasteiger partial charge in [0.05, 0.1) is 23.9 Å². The molecule has 1 aromatic carbocycles. The molecule has 220 valence electrons. The van der Waals surface area contributed by atoms with Gasteiger partial charge in [0.15, 0.2) is 5.13 Å². The van der Waals surface area contributed by atoms with Crippen molar-refractivity contribution in [2.75, 3.05) is 18.5 Å². The molecule has 2 atom stereocenters. The van der Waals surface area contributed by atoms with Crippen LogP contribution >= 0.6 is 11.3 Å².